The molecule has 0 aromatic heterocycles. The van der Waals surface area contributed by atoms with Crippen molar-refractivity contribution in [3.05, 3.63) is 90.0 Å². The molecule has 0 atom stereocenters. The standard InChI is InChI=1S/C25H26N2O5S/c28-25(19-32-24-9-5-4-8-21(24)18-20-6-2-1-3-7-20)26-22-10-12-23(13-11-22)33(29,30)27-14-16-31-17-15-27/h1-13H,14-19H2,(H,26,28). The van der Waals surface area contributed by atoms with Gasteiger partial charge in [0.05, 0.1) is 18.1 Å². The molecule has 1 aliphatic heterocycles. The van der Waals surface area contributed by atoms with E-state index in [1.54, 1.807) is 12.1 Å². The fourth-order valence-electron chi connectivity index (χ4n) is 3.59. The number of carbonyl (C=O) groups is 1. The lowest BCUT2D eigenvalue weighted by atomic mass is 10.0. The van der Waals surface area contributed by atoms with Crippen molar-refractivity contribution >= 4 is 21.6 Å². The summed E-state index contributed by atoms with van der Waals surface area (Å²) in [6.45, 7) is 1.30. The van der Waals surface area contributed by atoms with Crippen molar-refractivity contribution in [1.82, 2.24) is 4.31 Å². The lowest BCUT2D eigenvalue weighted by Gasteiger charge is -2.26. The highest BCUT2D eigenvalue weighted by Crippen LogP contribution is 2.22. The normalized spacial score (nSPS) is 14.5. The molecule has 1 heterocycles. The molecule has 8 heteroatoms. The highest BCUT2D eigenvalue weighted by Gasteiger charge is 2.26. The smallest absolute Gasteiger partial charge is 0.262 e. The Morgan fingerprint density at radius 2 is 1.58 bits per heavy atom. The number of nitrogens with one attached hydrogen (secondary N) is 1. The van der Waals surface area contributed by atoms with Crippen LogP contribution in [-0.4, -0.2) is 51.5 Å². The van der Waals surface area contributed by atoms with Crippen molar-refractivity contribution in [1.29, 1.82) is 0 Å². The largest absolute Gasteiger partial charge is 0.483 e. The molecule has 1 N–H and O–H groups in total. The van der Waals surface area contributed by atoms with Crippen molar-refractivity contribution in [2.45, 2.75) is 11.3 Å². The summed E-state index contributed by atoms with van der Waals surface area (Å²) < 4.78 is 37.8. The minimum absolute atomic E-state index is 0.153. The van der Waals surface area contributed by atoms with Gasteiger partial charge in [0.2, 0.25) is 10.0 Å². The van der Waals surface area contributed by atoms with E-state index in [1.165, 1.54) is 16.4 Å². The molecule has 33 heavy (non-hydrogen) atoms. The van der Waals surface area contributed by atoms with Crippen molar-refractivity contribution in [3.63, 3.8) is 0 Å². The van der Waals surface area contributed by atoms with Crippen LogP contribution in [0, 0.1) is 0 Å². The minimum Gasteiger partial charge on any atom is -0.483 e. The molecule has 0 saturated carbocycles. The number of benzene rings is 3. The second-order valence-corrected chi connectivity index (χ2v) is 9.59. The Morgan fingerprint density at radius 1 is 0.909 bits per heavy atom. The van der Waals surface area contributed by atoms with Crippen LogP contribution in [0.5, 0.6) is 5.75 Å². The molecule has 172 valence electrons. The van der Waals surface area contributed by atoms with Crippen LogP contribution >= 0.6 is 0 Å². The molecule has 1 aliphatic rings. The maximum absolute atomic E-state index is 12.7. The number of para-hydroxylation sites is 1. The first-order valence-electron chi connectivity index (χ1n) is 10.7. The molecule has 4 rings (SSSR count). The number of hydrogen-bond acceptors (Lipinski definition) is 5. The van der Waals surface area contributed by atoms with Gasteiger partial charge >= 0.3 is 0 Å². The third-order valence-corrected chi connectivity index (χ3v) is 7.23. The van der Waals surface area contributed by atoms with E-state index in [4.69, 9.17) is 9.47 Å². The molecule has 1 amide bonds. The van der Waals surface area contributed by atoms with E-state index in [0.29, 0.717) is 44.2 Å². The monoisotopic (exact) mass is 466 g/mol. The lowest BCUT2D eigenvalue weighted by Crippen LogP contribution is -2.40. The summed E-state index contributed by atoms with van der Waals surface area (Å²) in [5.41, 5.74) is 2.65. The molecule has 0 aliphatic carbocycles. The molecule has 0 unspecified atom stereocenters. The third-order valence-electron chi connectivity index (χ3n) is 5.31. The topological polar surface area (TPSA) is 84.9 Å². The summed E-state index contributed by atoms with van der Waals surface area (Å²) in [6, 6.07) is 23.8. The number of morpholine rings is 1. The summed E-state index contributed by atoms with van der Waals surface area (Å²) in [5, 5.41) is 2.75. The average Bonchev–Trinajstić information content (AvgIpc) is 2.85. The fraction of sp³-hybridized carbons (Fsp3) is 0.240. The first-order valence-corrected chi connectivity index (χ1v) is 12.2. The molecule has 1 saturated heterocycles. The average molecular weight is 467 g/mol. The summed E-state index contributed by atoms with van der Waals surface area (Å²) in [6.07, 6.45) is 0.706. The zero-order valence-corrected chi connectivity index (χ0v) is 19.0. The molecule has 0 radical (unpaired) electrons. The van der Waals surface area contributed by atoms with Gasteiger partial charge in [-0.2, -0.15) is 4.31 Å². The van der Waals surface area contributed by atoms with E-state index in [9.17, 15) is 13.2 Å². The van der Waals surface area contributed by atoms with Crippen LogP contribution in [0.4, 0.5) is 5.69 Å². The summed E-state index contributed by atoms with van der Waals surface area (Å²) in [4.78, 5) is 12.6. The maximum Gasteiger partial charge on any atom is 0.262 e. The van der Waals surface area contributed by atoms with Crippen LogP contribution in [0.3, 0.4) is 0 Å². The van der Waals surface area contributed by atoms with Crippen molar-refractivity contribution < 1.29 is 22.7 Å². The fourth-order valence-corrected chi connectivity index (χ4v) is 5.00. The summed E-state index contributed by atoms with van der Waals surface area (Å²) in [7, 11) is -3.57. The molecular formula is C25H26N2O5S. The second kappa shape index (κ2) is 10.6. The molecule has 0 spiro atoms. The van der Waals surface area contributed by atoms with Gasteiger partial charge in [-0.15, -0.1) is 0 Å². The molecule has 7 nitrogen and oxygen atoms in total. The molecule has 0 bridgehead atoms. The molecular weight excluding hydrogens is 440 g/mol. The Balaban J connectivity index is 1.34. The number of sulfonamides is 1. The van der Waals surface area contributed by atoms with E-state index in [1.807, 2.05) is 54.6 Å². The van der Waals surface area contributed by atoms with Gasteiger partial charge in [0.15, 0.2) is 6.61 Å². The Morgan fingerprint density at radius 3 is 2.30 bits per heavy atom. The second-order valence-electron chi connectivity index (χ2n) is 7.65. The van der Waals surface area contributed by atoms with Crippen LogP contribution in [0.15, 0.2) is 83.8 Å². The lowest BCUT2D eigenvalue weighted by molar-refractivity contribution is -0.118. The Bertz CT molecular complexity index is 1170. The van der Waals surface area contributed by atoms with E-state index in [0.717, 1.165) is 11.1 Å². The van der Waals surface area contributed by atoms with Crippen molar-refractivity contribution in [2.24, 2.45) is 0 Å². The Kier molecular flexibility index (Phi) is 7.39. The van der Waals surface area contributed by atoms with Gasteiger partial charge in [0, 0.05) is 25.2 Å². The SMILES string of the molecule is O=C(COc1ccccc1Cc1ccccc1)Nc1ccc(S(=O)(=O)N2CCOCC2)cc1. The van der Waals surface area contributed by atoms with Gasteiger partial charge in [-0.25, -0.2) is 8.42 Å². The van der Waals surface area contributed by atoms with Gasteiger partial charge in [-0.05, 0) is 41.5 Å². The molecule has 1 fully saturated rings. The molecule has 3 aromatic carbocycles. The van der Waals surface area contributed by atoms with Gasteiger partial charge < -0.3 is 14.8 Å². The number of rotatable bonds is 8. The highest BCUT2D eigenvalue weighted by atomic mass is 32.2. The zero-order valence-electron chi connectivity index (χ0n) is 18.1. The number of nitrogens with zero attached hydrogens (tertiary/aromatic N) is 1. The van der Waals surface area contributed by atoms with Gasteiger partial charge in [0.1, 0.15) is 5.75 Å². The van der Waals surface area contributed by atoms with Crippen LogP contribution in [0.2, 0.25) is 0 Å². The summed E-state index contributed by atoms with van der Waals surface area (Å²) in [5.74, 6) is 0.330. The predicted molar refractivity (Wildman–Crippen MR) is 126 cm³/mol. The number of anilines is 1. The maximum atomic E-state index is 12.7. The quantitative estimate of drug-likeness (QED) is 0.551. The molecule has 3 aromatic rings. The van der Waals surface area contributed by atoms with Crippen LogP contribution in [-0.2, 0) is 26.0 Å². The number of amides is 1. The Hall–Kier alpha value is -3.20. The van der Waals surface area contributed by atoms with Gasteiger partial charge in [-0.3, -0.25) is 4.79 Å². The minimum atomic E-state index is -3.57. The first-order chi connectivity index (χ1) is 16.0. The van der Waals surface area contributed by atoms with Crippen molar-refractivity contribution in [3.8, 4) is 5.75 Å². The number of carbonyl (C=O) groups excluding carboxylic acids is 1. The van der Waals surface area contributed by atoms with E-state index in [2.05, 4.69) is 5.32 Å². The first kappa shape index (κ1) is 23.0. The van der Waals surface area contributed by atoms with Gasteiger partial charge in [-0.1, -0.05) is 48.5 Å². The predicted octanol–water partition coefficient (Wildman–Crippen LogP) is 3.32. The Labute approximate surface area is 194 Å². The van der Waals surface area contributed by atoms with E-state index >= 15 is 0 Å². The van der Waals surface area contributed by atoms with Crippen LogP contribution < -0.4 is 10.1 Å². The van der Waals surface area contributed by atoms with Crippen LogP contribution in [0.25, 0.3) is 0 Å². The summed E-state index contributed by atoms with van der Waals surface area (Å²) >= 11 is 0. The van der Waals surface area contributed by atoms with E-state index < -0.39 is 10.0 Å². The van der Waals surface area contributed by atoms with Crippen LogP contribution in [0.1, 0.15) is 11.1 Å². The van der Waals surface area contributed by atoms with Crippen molar-refractivity contribution in [2.75, 3.05) is 38.2 Å². The van der Waals surface area contributed by atoms with E-state index in [-0.39, 0.29) is 17.4 Å². The van der Waals surface area contributed by atoms with Gasteiger partial charge in [0.25, 0.3) is 5.91 Å². The number of ether oxygens (including phenoxy) is 2. The zero-order chi connectivity index (χ0) is 23.1. The third kappa shape index (κ3) is 5.98. The number of hydrogen-bond donors (Lipinski definition) is 1. The highest BCUT2D eigenvalue weighted by molar-refractivity contribution is 7.89.